The van der Waals surface area contributed by atoms with E-state index in [1.54, 1.807) is 0 Å². The van der Waals surface area contributed by atoms with E-state index in [1.165, 1.54) is 38.4 Å². The maximum atomic E-state index is 6.94. The van der Waals surface area contributed by atoms with Gasteiger partial charge in [-0.1, -0.05) is 146 Å². The highest BCUT2D eigenvalue weighted by Crippen LogP contribution is 2.52. The maximum Gasteiger partial charge on any atom is 0.164 e. The standard InChI is InChI=1S/C47H27N3O/c1-2-11-30(12-3-1)45-48-46(50-47(49-45)34-23-22-28-10-4-5-13-31(28)26-34)33-17-6-16-32(27-33)35-18-9-20-38-39-25-24-37-36-19-7-14-29-15-8-21-40(41(29)36)42(37)44(39)51-43(35)38/h1-27H. The van der Waals surface area contributed by atoms with Gasteiger partial charge in [-0.25, -0.2) is 15.0 Å². The minimum absolute atomic E-state index is 0.620. The SMILES string of the molecule is c1ccc(-c2nc(-c3cccc(-c4cccc5c4oc4c6c(ccc45)-c4cccc5cccc-6c45)c3)nc(-c3ccc4ccccc4c3)n2)cc1. The third kappa shape index (κ3) is 4.30. The molecule has 2 aromatic heterocycles. The van der Waals surface area contributed by atoms with Crippen LogP contribution in [0.25, 0.3) is 111 Å². The molecule has 0 radical (unpaired) electrons. The van der Waals surface area contributed by atoms with Gasteiger partial charge in [0.25, 0.3) is 0 Å². The van der Waals surface area contributed by atoms with Crippen molar-refractivity contribution in [1.29, 1.82) is 0 Å². The van der Waals surface area contributed by atoms with Crippen molar-refractivity contribution in [3.8, 4) is 67.5 Å². The van der Waals surface area contributed by atoms with Crippen LogP contribution >= 0.6 is 0 Å². The van der Waals surface area contributed by atoms with Crippen LogP contribution in [0.2, 0.25) is 0 Å². The number of aromatic nitrogens is 3. The summed E-state index contributed by atoms with van der Waals surface area (Å²) in [5.41, 5.74) is 11.6. The van der Waals surface area contributed by atoms with Crippen molar-refractivity contribution in [2.24, 2.45) is 0 Å². The summed E-state index contributed by atoms with van der Waals surface area (Å²) in [4.78, 5) is 15.1. The fourth-order valence-corrected chi connectivity index (χ4v) is 7.86. The average Bonchev–Trinajstić information content (AvgIpc) is 3.75. The van der Waals surface area contributed by atoms with E-state index in [2.05, 4.69) is 133 Å². The highest BCUT2D eigenvalue weighted by atomic mass is 16.3. The molecule has 51 heavy (non-hydrogen) atoms. The molecular formula is C47H27N3O. The van der Waals surface area contributed by atoms with Crippen molar-refractivity contribution in [3.05, 3.63) is 164 Å². The quantitative estimate of drug-likeness (QED) is 0.190. The number of fused-ring (bicyclic) bond motifs is 8. The van der Waals surface area contributed by atoms with Crippen LogP contribution in [0.4, 0.5) is 0 Å². The predicted molar refractivity (Wildman–Crippen MR) is 208 cm³/mol. The zero-order valence-electron chi connectivity index (χ0n) is 27.3. The first kappa shape index (κ1) is 28.0. The molecule has 0 aliphatic heterocycles. The van der Waals surface area contributed by atoms with E-state index < -0.39 is 0 Å². The second kappa shape index (κ2) is 10.8. The first-order valence-corrected chi connectivity index (χ1v) is 17.2. The van der Waals surface area contributed by atoms with Gasteiger partial charge in [0, 0.05) is 38.6 Å². The number of benzene rings is 8. The molecule has 0 unspecified atom stereocenters. The van der Waals surface area contributed by atoms with Crippen LogP contribution in [0.5, 0.6) is 0 Å². The highest BCUT2D eigenvalue weighted by molar-refractivity contribution is 6.23. The van der Waals surface area contributed by atoms with Crippen LogP contribution in [0.15, 0.2) is 168 Å². The summed E-state index contributed by atoms with van der Waals surface area (Å²) in [6, 6.07) is 57.3. The van der Waals surface area contributed by atoms with Gasteiger partial charge < -0.3 is 4.42 Å². The van der Waals surface area contributed by atoms with E-state index in [-0.39, 0.29) is 0 Å². The number of furan rings is 1. The van der Waals surface area contributed by atoms with Crippen LogP contribution in [-0.4, -0.2) is 15.0 Å². The van der Waals surface area contributed by atoms with E-state index in [0.717, 1.165) is 55.1 Å². The van der Waals surface area contributed by atoms with Crippen LogP contribution in [0.3, 0.4) is 0 Å². The monoisotopic (exact) mass is 649 g/mol. The summed E-state index contributed by atoms with van der Waals surface area (Å²) in [5, 5.41) is 7.09. The Balaban J connectivity index is 1.08. The number of para-hydroxylation sites is 1. The molecule has 236 valence electrons. The van der Waals surface area contributed by atoms with E-state index in [4.69, 9.17) is 19.4 Å². The van der Waals surface area contributed by atoms with E-state index in [0.29, 0.717) is 17.5 Å². The molecule has 0 atom stereocenters. The zero-order chi connectivity index (χ0) is 33.5. The molecule has 0 bridgehead atoms. The molecule has 4 nitrogen and oxygen atoms in total. The van der Waals surface area contributed by atoms with Gasteiger partial charge in [0.2, 0.25) is 0 Å². The van der Waals surface area contributed by atoms with Crippen molar-refractivity contribution in [1.82, 2.24) is 15.0 Å². The van der Waals surface area contributed by atoms with Gasteiger partial charge in [-0.15, -0.1) is 0 Å². The van der Waals surface area contributed by atoms with Crippen molar-refractivity contribution < 1.29 is 4.42 Å². The molecule has 0 N–H and O–H groups in total. The predicted octanol–water partition coefficient (Wildman–Crippen LogP) is 12.4. The summed E-state index contributed by atoms with van der Waals surface area (Å²) in [6.07, 6.45) is 0. The lowest BCUT2D eigenvalue weighted by molar-refractivity contribution is 0.671. The fraction of sp³-hybridized carbons (Fsp3) is 0. The number of rotatable bonds is 4. The molecule has 10 aromatic rings. The molecule has 0 amide bonds. The average molecular weight is 650 g/mol. The summed E-state index contributed by atoms with van der Waals surface area (Å²) in [5.74, 6) is 1.90. The Morgan fingerprint density at radius 2 is 0.941 bits per heavy atom. The summed E-state index contributed by atoms with van der Waals surface area (Å²) >= 11 is 0. The Hall–Kier alpha value is -6.91. The minimum Gasteiger partial charge on any atom is -0.455 e. The summed E-state index contributed by atoms with van der Waals surface area (Å²) < 4.78 is 6.94. The van der Waals surface area contributed by atoms with Crippen molar-refractivity contribution in [2.75, 3.05) is 0 Å². The number of hydrogen-bond acceptors (Lipinski definition) is 4. The minimum atomic E-state index is 0.620. The molecular weight excluding hydrogens is 623 g/mol. The van der Waals surface area contributed by atoms with Gasteiger partial charge in [-0.05, 0) is 62.0 Å². The third-order valence-corrected chi connectivity index (χ3v) is 10.2. The first-order valence-electron chi connectivity index (χ1n) is 17.2. The van der Waals surface area contributed by atoms with E-state index in [9.17, 15) is 0 Å². The van der Waals surface area contributed by atoms with Crippen LogP contribution in [0.1, 0.15) is 0 Å². The molecule has 4 heteroatoms. The molecule has 1 aliphatic rings. The van der Waals surface area contributed by atoms with Gasteiger partial charge in [-0.2, -0.15) is 0 Å². The molecule has 0 fully saturated rings. The number of hydrogen-bond donors (Lipinski definition) is 0. The molecule has 0 saturated carbocycles. The van der Waals surface area contributed by atoms with Crippen molar-refractivity contribution >= 4 is 43.5 Å². The van der Waals surface area contributed by atoms with Crippen molar-refractivity contribution in [3.63, 3.8) is 0 Å². The van der Waals surface area contributed by atoms with Crippen molar-refractivity contribution in [2.45, 2.75) is 0 Å². The Bertz CT molecular complexity index is 3030. The van der Waals surface area contributed by atoms with Gasteiger partial charge >= 0.3 is 0 Å². The molecule has 1 aliphatic carbocycles. The van der Waals surface area contributed by atoms with E-state index >= 15 is 0 Å². The zero-order valence-corrected chi connectivity index (χ0v) is 27.3. The second-order valence-corrected chi connectivity index (χ2v) is 13.2. The number of nitrogens with zero attached hydrogens (tertiary/aromatic N) is 3. The van der Waals surface area contributed by atoms with Crippen LogP contribution in [-0.2, 0) is 0 Å². The Kier molecular flexibility index (Phi) is 5.92. The van der Waals surface area contributed by atoms with Gasteiger partial charge in [0.1, 0.15) is 11.2 Å². The van der Waals surface area contributed by atoms with Gasteiger partial charge in [-0.3, -0.25) is 0 Å². The lowest BCUT2D eigenvalue weighted by Crippen LogP contribution is -2.00. The molecule has 11 rings (SSSR count). The normalized spacial score (nSPS) is 11.9. The Labute approximate surface area is 293 Å². The maximum absolute atomic E-state index is 6.94. The Morgan fingerprint density at radius 3 is 1.78 bits per heavy atom. The Morgan fingerprint density at radius 1 is 0.333 bits per heavy atom. The van der Waals surface area contributed by atoms with Gasteiger partial charge in [0.05, 0.1) is 0 Å². The van der Waals surface area contributed by atoms with Crippen LogP contribution < -0.4 is 0 Å². The van der Waals surface area contributed by atoms with E-state index in [1.807, 2.05) is 30.3 Å². The lowest BCUT2D eigenvalue weighted by atomic mass is 9.98. The van der Waals surface area contributed by atoms with Gasteiger partial charge in [0.15, 0.2) is 17.5 Å². The third-order valence-electron chi connectivity index (χ3n) is 10.2. The molecule has 8 aromatic carbocycles. The summed E-state index contributed by atoms with van der Waals surface area (Å²) in [6.45, 7) is 0. The first-order chi connectivity index (χ1) is 25.3. The lowest BCUT2D eigenvalue weighted by Gasteiger charge is -2.10. The highest BCUT2D eigenvalue weighted by Gasteiger charge is 2.26. The molecule has 0 spiro atoms. The second-order valence-electron chi connectivity index (χ2n) is 13.2. The largest absolute Gasteiger partial charge is 0.455 e. The summed E-state index contributed by atoms with van der Waals surface area (Å²) in [7, 11) is 0. The molecule has 0 saturated heterocycles. The topological polar surface area (TPSA) is 51.8 Å². The fourth-order valence-electron chi connectivity index (χ4n) is 7.86. The smallest absolute Gasteiger partial charge is 0.164 e. The van der Waals surface area contributed by atoms with Crippen LogP contribution in [0, 0.1) is 0 Å². The molecule has 2 heterocycles.